The number of aromatic nitrogens is 1. The van der Waals surface area contributed by atoms with Crippen LogP contribution in [0.15, 0.2) is 18.2 Å². The fourth-order valence-electron chi connectivity index (χ4n) is 1.30. The number of aryl methyl sites for hydroxylation is 1. The molecule has 0 fully saturated rings. The summed E-state index contributed by atoms with van der Waals surface area (Å²) in [6.07, 6.45) is 0. The molecule has 0 aliphatic heterocycles. The first-order chi connectivity index (χ1) is 5.66. The quantitative estimate of drug-likeness (QED) is 0.645. The molecule has 12 heavy (non-hydrogen) atoms. The summed E-state index contributed by atoms with van der Waals surface area (Å²) in [5.41, 5.74) is 1.68. The van der Waals surface area contributed by atoms with Gasteiger partial charge in [-0.05, 0) is 25.1 Å². The number of rotatable bonds is 0. The average Bonchev–Trinajstić information content (AvgIpc) is 2.29. The zero-order valence-corrected chi connectivity index (χ0v) is 7.24. The molecule has 62 valence electrons. The van der Waals surface area contributed by atoms with Crippen LogP contribution in [0.3, 0.4) is 0 Å². The lowest BCUT2D eigenvalue weighted by Gasteiger charge is -1.92. The maximum atomic E-state index is 13.2. The summed E-state index contributed by atoms with van der Waals surface area (Å²) in [6.45, 7) is 1.88. The molecule has 3 heteroatoms. The zero-order valence-electron chi connectivity index (χ0n) is 6.49. The third-order valence-corrected chi connectivity index (χ3v) is 2.01. The van der Waals surface area contributed by atoms with E-state index < -0.39 is 0 Å². The Bertz CT molecular complexity index is 433. The summed E-state index contributed by atoms with van der Waals surface area (Å²) in [7, 11) is 0. The van der Waals surface area contributed by atoms with E-state index in [1.807, 2.05) is 6.92 Å². The molecule has 1 N–H and O–H groups in total. The molecule has 0 spiro atoms. The largest absolute Gasteiger partial charge is 0.359 e. The minimum Gasteiger partial charge on any atom is -0.359 e. The minimum atomic E-state index is -0.276. The first-order valence-corrected chi connectivity index (χ1v) is 3.99. The van der Waals surface area contributed by atoms with Crippen molar-refractivity contribution in [3.63, 3.8) is 0 Å². The van der Waals surface area contributed by atoms with Crippen molar-refractivity contribution in [1.29, 1.82) is 0 Å². The van der Waals surface area contributed by atoms with Gasteiger partial charge in [0.1, 0.15) is 5.82 Å². The Labute approximate surface area is 74.2 Å². The second kappa shape index (κ2) is 2.49. The van der Waals surface area contributed by atoms with Gasteiger partial charge in [-0.2, -0.15) is 0 Å². The van der Waals surface area contributed by atoms with Gasteiger partial charge in [0.15, 0.2) is 0 Å². The van der Waals surface area contributed by atoms with Gasteiger partial charge in [0, 0.05) is 16.1 Å². The molecule has 0 unspecified atom stereocenters. The SMILES string of the molecule is Cc1cc2c(F)cc(Cl)cc2[nH]1. The number of fused-ring (bicyclic) bond motifs is 1. The average molecular weight is 184 g/mol. The van der Waals surface area contributed by atoms with Crippen molar-refractivity contribution in [2.24, 2.45) is 0 Å². The topological polar surface area (TPSA) is 15.8 Å². The number of benzene rings is 1. The van der Waals surface area contributed by atoms with E-state index in [1.54, 1.807) is 12.1 Å². The highest BCUT2D eigenvalue weighted by atomic mass is 35.5. The van der Waals surface area contributed by atoms with Crippen LogP contribution >= 0.6 is 11.6 Å². The Morgan fingerprint density at radius 1 is 1.33 bits per heavy atom. The van der Waals surface area contributed by atoms with Crippen LogP contribution in [-0.2, 0) is 0 Å². The van der Waals surface area contributed by atoms with Crippen LogP contribution in [0.25, 0.3) is 10.9 Å². The van der Waals surface area contributed by atoms with Crippen LogP contribution in [0, 0.1) is 12.7 Å². The van der Waals surface area contributed by atoms with Crippen molar-refractivity contribution in [2.75, 3.05) is 0 Å². The second-order valence-electron chi connectivity index (χ2n) is 2.80. The van der Waals surface area contributed by atoms with Gasteiger partial charge in [0.2, 0.25) is 0 Å². The standard InChI is InChI=1S/C9H7ClFN/c1-5-2-7-8(11)3-6(10)4-9(7)12-5/h2-4,12H,1H3. The van der Waals surface area contributed by atoms with E-state index in [0.717, 1.165) is 11.2 Å². The van der Waals surface area contributed by atoms with Crippen LogP contribution in [0.5, 0.6) is 0 Å². The molecular weight excluding hydrogens is 177 g/mol. The van der Waals surface area contributed by atoms with Crippen molar-refractivity contribution in [3.8, 4) is 0 Å². The monoisotopic (exact) mass is 183 g/mol. The summed E-state index contributed by atoms with van der Waals surface area (Å²) in [4.78, 5) is 3.02. The minimum absolute atomic E-state index is 0.276. The van der Waals surface area contributed by atoms with Gasteiger partial charge in [-0.3, -0.25) is 0 Å². The first-order valence-electron chi connectivity index (χ1n) is 3.61. The van der Waals surface area contributed by atoms with E-state index in [-0.39, 0.29) is 5.82 Å². The van der Waals surface area contributed by atoms with Gasteiger partial charge in [-0.15, -0.1) is 0 Å². The lowest BCUT2D eigenvalue weighted by molar-refractivity contribution is 0.640. The predicted octanol–water partition coefficient (Wildman–Crippen LogP) is 3.27. The van der Waals surface area contributed by atoms with E-state index in [2.05, 4.69) is 4.98 Å². The van der Waals surface area contributed by atoms with Crippen molar-refractivity contribution < 1.29 is 4.39 Å². The molecule has 2 rings (SSSR count). The lowest BCUT2D eigenvalue weighted by Crippen LogP contribution is -1.75. The van der Waals surface area contributed by atoms with E-state index >= 15 is 0 Å². The highest BCUT2D eigenvalue weighted by molar-refractivity contribution is 6.31. The fraction of sp³-hybridized carbons (Fsp3) is 0.111. The van der Waals surface area contributed by atoms with E-state index in [1.165, 1.54) is 6.07 Å². The molecule has 0 aliphatic carbocycles. The number of nitrogens with one attached hydrogen (secondary N) is 1. The number of halogens is 2. The lowest BCUT2D eigenvalue weighted by atomic mass is 10.2. The Balaban J connectivity index is 2.88. The third kappa shape index (κ3) is 1.08. The number of hydrogen-bond donors (Lipinski definition) is 1. The van der Waals surface area contributed by atoms with Gasteiger partial charge in [-0.1, -0.05) is 11.6 Å². The maximum absolute atomic E-state index is 13.2. The Morgan fingerprint density at radius 3 is 2.83 bits per heavy atom. The highest BCUT2D eigenvalue weighted by Crippen LogP contribution is 2.22. The zero-order chi connectivity index (χ0) is 8.72. The summed E-state index contributed by atoms with van der Waals surface area (Å²) >= 11 is 5.67. The maximum Gasteiger partial charge on any atom is 0.134 e. The second-order valence-corrected chi connectivity index (χ2v) is 3.24. The molecule has 0 aliphatic rings. The van der Waals surface area contributed by atoms with Gasteiger partial charge in [-0.25, -0.2) is 4.39 Å². The summed E-state index contributed by atoms with van der Waals surface area (Å²) in [5.74, 6) is -0.276. The normalized spacial score (nSPS) is 10.9. The smallest absolute Gasteiger partial charge is 0.134 e. The molecule has 1 nitrogen and oxygen atoms in total. The van der Waals surface area contributed by atoms with Crippen molar-refractivity contribution in [3.05, 3.63) is 34.7 Å². The van der Waals surface area contributed by atoms with Gasteiger partial charge in [0.05, 0.1) is 5.52 Å². The number of hydrogen-bond acceptors (Lipinski definition) is 0. The highest BCUT2D eigenvalue weighted by Gasteiger charge is 2.04. The van der Waals surface area contributed by atoms with Crippen LogP contribution in [0.4, 0.5) is 4.39 Å². The van der Waals surface area contributed by atoms with Crippen molar-refractivity contribution in [2.45, 2.75) is 6.92 Å². The van der Waals surface area contributed by atoms with Gasteiger partial charge >= 0.3 is 0 Å². The summed E-state index contributed by atoms with van der Waals surface area (Å²) < 4.78 is 13.2. The van der Waals surface area contributed by atoms with Crippen LogP contribution in [0.1, 0.15) is 5.69 Å². The molecule has 0 atom stereocenters. The molecule has 0 saturated carbocycles. The number of aromatic amines is 1. The molecule has 1 heterocycles. The fourth-order valence-corrected chi connectivity index (χ4v) is 1.50. The number of H-pyrrole nitrogens is 1. The van der Waals surface area contributed by atoms with Crippen molar-refractivity contribution >= 4 is 22.5 Å². The summed E-state index contributed by atoms with van der Waals surface area (Å²) in [5, 5.41) is 1.01. The Hall–Kier alpha value is -1.02. The van der Waals surface area contributed by atoms with E-state index in [4.69, 9.17) is 11.6 Å². The molecule has 0 bridgehead atoms. The van der Waals surface area contributed by atoms with E-state index in [9.17, 15) is 4.39 Å². The Morgan fingerprint density at radius 2 is 2.08 bits per heavy atom. The molecule has 1 aromatic heterocycles. The van der Waals surface area contributed by atoms with Crippen LogP contribution in [-0.4, -0.2) is 4.98 Å². The summed E-state index contributed by atoms with van der Waals surface area (Å²) in [6, 6.07) is 4.80. The first kappa shape index (κ1) is 7.62. The van der Waals surface area contributed by atoms with Gasteiger partial charge in [0.25, 0.3) is 0 Å². The Kier molecular flexibility index (Phi) is 1.58. The molecule has 0 radical (unpaired) electrons. The molecular formula is C9H7ClFN. The molecule has 2 aromatic rings. The predicted molar refractivity (Wildman–Crippen MR) is 48.0 cm³/mol. The van der Waals surface area contributed by atoms with Crippen LogP contribution in [0.2, 0.25) is 5.02 Å². The van der Waals surface area contributed by atoms with Crippen LogP contribution < -0.4 is 0 Å². The third-order valence-electron chi connectivity index (χ3n) is 1.79. The molecule has 0 amide bonds. The van der Waals surface area contributed by atoms with Gasteiger partial charge < -0.3 is 4.98 Å². The van der Waals surface area contributed by atoms with E-state index in [0.29, 0.717) is 10.4 Å². The molecule has 0 saturated heterocycles. The molecule has 1 aromatic carbocycles. The van der Waals surface area contributed by atoms with Crippen molar-refractivity contribution in [1.82, 2.24) is 4.98 Å².